The first kappa shape index (κ1) is 43.5. The van der Waals surface area contributed by atoms with Gasteiger partial charge in [-0.2, -0.15) is 0 Å². The third-order valence-corrected chi connectivity index (χ3v) is 8.50. The van der Waals surface area contributed by atoms with Crippen molar-refractivity contribution in [2.24, 2.45) is 0 Å². The molecule has 0 spiro atoms. The van der Waals surface area contributed by atoms with Gasteiger partial charge in [0.05, 0.1) is 16.0 Å². The first-order chi connectivity index (χ1) is 21.3. The maximum Gasteiger partial charge on any atom is 1.00 e. The van der Waals surface area contributed by atoms with Crippen LogP contribution in [0.25, 0.3) is 0 Å². The standard InChI is InChI=1S/C36H58O7S.Na/c1-3-5-7-9-11-13-15-17-19-21-23-25-30-42-35(37)32-28-27-29-33(44(39,40)41)34(32)36(38)43-31-26-24-22-20-18-16-14-12-10-8-6-4-2;/h23-29H,3-22,30-31H2,1-2H3,(H,39,40,41);/q;+1/p-1/b25-23+,26-24+;. The number of rotatable bonds is 27. The van der Waals surface area contributed by atoms with E-state index in [1.807, 2.05) is 12.2 Å². The average molecular weight is 657 g/mol. The minimum atomic E-state index is -5.03. The monoisotopic (exact) mass is 656 g/mol. The molecule has 9 heteroatoms. The molecule has 0 fully saturated rings. The summed E-state index contributed by atoms with van der Waals surface area (Å²) in [6.45, 7) is 4.32. The van der Waals surface area contributed by atoms with Crippen molar-refractivity contribution in [2.45, 2.75) is 147 Å². The van der Waals surface area contributed by atoms with Gasteiger partial charge in [0.2, 0.25) is 0 Å². The summed E-state index contributed by atoms with van der Waals surface area (Å²) >= 11 is 0. The molecule has 7 nitrogen and oxygen atoms in total. The molecule has 0 N–H and O–H groups in total. The molecule has 0 radical (unpaired) electrons. The zero-order valence-electron chi connectivity index (χ0n) is 28.4. The van der Waals surface area contributed by atoms with Gasteiger partial charge in [-0.15, -0.1) is 0 Å². The third-order valence-electron chi connectivity index (χ3n) is 7.62. The molecule has 1 rings (SSSR count). The van der Waals surface area contributed by atoms with E-state index in [1.165, 1.54) is 102 Å². The van der Waals surface area contributed by atoms with E-state index in [2.05, 4.69) is 13.8 Å². The van der Waals surface area contributed by atoms with Crippen LogP contribution in [0, 0.1) is 0 Å². The molecule has 250 valence electrons. The third kappa shape index (κ3) is 21.9. The summed E-state index contributed by atoms with van der Waals surface area (Å²) in [5, 5.41) is 0. The van der Waals surface area contributed by atoms with Crippen molar-refractivity contribution in [3.05, 3.63) is 53.6 Å². The number of benzene rings is 1. The summed E-state index contributed by atoms with van der Waals surface area (Å²) in [6.07, 6.45) is 31.4. The molecule has 0 aliphatic rings. The fourth-order valence-electron chi connectivity index (χ4n) is 5.04. The Hall–Kier alpha value is -1.45. The van der Waals surface area contributed by atoms with Crippen molar-refractivity contribution in [2.75, 3.05) is 13.2 Å². The Bertz CT molecular complexity index is 1080. The van der Waals surface area contributed by atoms with Crippen molar-refractivity contribution in [3.8, 4) is 0 Å². The molecule has 1 aromatic rings. The number of carbonyl (C=O) groups excluding carboxylic acids is 2. The minimum Gasteiger partial charge on any atom is -0.744 e. The van der Waals surface area contributed by atoms with E-state index in [1.54, 1.807) is 12.2 Å². The molecule has 0 saturated heterocycles. The van der Waals surface area contributed by atoms with Crippen LogP contribution in [0.3, 0.4) is 0 Å². The van der Waals surface area contributed by atoms with Gasteiger partial charge < -0.3 is 14.0 Å². The second kappa shape index (κ2) is 28.7. The van der Waals surface area contributed by atoms with E-state index in [0.29, 0.717) is 0 Å². The van der Waals surface area contributed by atoms with E-state index in [0.717, 1.165) is 44.6 Å². The fraction of sp³-hybridized carbons (Fsp3) is 0.667. The van der Waals surface area contributed by atoms with Crippen molar-refractivity contribution in [1.29, 1.82) is 0 Å². The van der Waals surface area contributed by atoms with Gasteiger partial charge in [0.15, 0.2) is 0 Å². The second-order valence-electron chi connectivity index (χ2n) is 11.5. The Balaban J connectivity index is 0.0000194. The topological polar surface area (TPSA) is 110 Å². The number of allylic oxidation sites excluding steroid dienone is 2. The Kier molecular flexibility index (Phi) is 27.8. The van der Waals surface area contributed by atoms with E-state index < -0.39 is 32.5 Å². The Morgan fingerprint density at radius 2 is 1.02 bits per heavy atom. The van der Waals surface area contributed by atoms with Gasteiger partial charge in [0.25, 0.3) is 0 Å². The summed E-state index contributed by atoms with van der Waals surface area (Å²) in [7, 11) is -5.03. The normalized spacial score (nSPS) is 11.6. The first-order valence-electron chi connectivity index (χ1n) is 17.1. The molecule has 0 aliphatic heterocycles. The number of hydrogen-bond donors (Lipinski definition) is 0. The molecule has 1 aromatic carbocycles. The van der Waals surface area contributed by atoms with Crippen LogP contribution in [-0.4, -0.2) is 38.1 Å². The molecule has 0 atom stereocenters. The largest absolute Gasteiger partial charge is 1.00 e. The Labute approximate surface area is 296 Å². The SMILES string of the molecule is CCCCCCCCCCC/C=C/COC(=O)c1cccc(S(=O)(=O)[O-])c1C(=O)OC/C=C/CCCCCCCCCCC.[Na+]. The van der Waals surface area contributed by atoms with E-state index >= 15 is 0 Å². The molecule has 0 aromatic heterocycles. The summed E-state index contributed by atoms with van der Waals surface area (Å²) in [5.74, 6) is -1.95. The van der Waals surface area contributed by atoms with Gasteiger partial charge in [-0.25, -0.2) is 18.0 Å². The molecule has 0 saturated carbocycles. The van der Waals surface area contributed by atoms with Crippen LogP contribution in [0.4, 0.5) is 0 Å². The molecular formula is C36H57NaO7S. The van der Waals surface area contributed by atoms with Crippen molar-refractivity contribution < 1.29 is 61.6 Å². The van der Waals surface area contributed by atoms with Crippen molar-refractivity contribution >= 4 is 22.1 Å². The predicted octanol–water partition coefficient (Wildman–Crippen LogP) is 6.86. The molecular weight excluding hydrogens is 599 g/mol. The molecule has 0 amide bonds. The number of hydrogen-bond acceptors (Lipinski definition) is 7. The number of unbranched alkanes of at least 4 members (excludes halogenated alkanes) is 18. The minimum absolute atomic E-state index is 0. The van der Waals surface area contributed by atoms with Gasteiger partial charge in [0, 0.05) is 0 Å². The average Bonchev–Trinajstić information content (AvgIpc) is 3.00. The quantitative estimate of drug-likeness (QED) is 0.0335. The number of esters is 2. The van der Waals surface area contributed by atoms with Crippen LogP contribution >= 0.6 is 0 Å². The number of carbonyl (C=O) groups is 2. The van der Waals surface area contributed by atoms with E-state index in [9.17, 15) is 22.6 Å². The van der Waals surface area contributed by atoms with Gasteiger partial charge in [0.1, 0.15) is 23.3 Å². The van der Waals surface area contributed by atoms with Gasteiger partial charge in [-0.1, -0.05) is 147 Å². The van der Waals surface area contributed by atoms with Gasteiger partial charge in [-0.05, 0) is 37.8 Å². The zero-order valence-corrected chi connectivity index (χ0v) is 31.2. The summed E-state index contributed by atoms with van der Waals surface area (Å²) in [4.78, 5) is 24.8. The van der Waals surface area contributed by atoms with Crippen molar-refractivity contribution in [1.82, 2.24) is 0 Å². The van der Waals surface area contributed by atoms with Crippen LogP contribution in [0.1, 0.15) is 163 Å². The van der Waals surface area contributed by atoms with E-state index in [4.69, 9.17) is 9.47 Å². The second-order valence-corrected chi connectivity index (χ2v) is 12.9. The Morgan fingerprint density at radius 3 is 1.44 bits per heavy atom. The Morgan fingerprint density at radius 1 is 0.622 bits per heavy atom. The van der Waals surface area contributed by atoms with Crippen LogP contribution in [-0.2, 0) is 19.6 Å². The summed E-state index contributed by atoms with van der Waals surface area (Å²) in [6, 6.07) is 3.50. The predicted molar refractivity (Wildman–Crippen MR) is 177 cm³/mol. The smallest absolute Gasteiger partial charge is 0.744 e. The van der Waals surface area contributed by atoms with E-state index in [-0.39, 0.29) is 48.3 Å². The molecule has 45 heavy (non-hydrogen) atoms. The van der Waals surface area contributed by atoms with Crippen molar-refractivity contribution in [3.63, 3.8) is 0 Å². The van der Waals surface area contributed by atoms with Gasteiger partial charge in [-0.3, -0.25) is 0 Å². The molecule has 0 heterocycles. The molecule has 0 aliphatic carbocycles. The maximum atomic E-state index is 12.8. The van der Waals surface area contributed by atoms with Crippen LogP contribution in [0.5, 0.6) is 0 Å². The number of ether oxygens (including phenoxy) is 2. The molecule has 0 unspecified atom stereocenters. The first-order valence-corrected chi connectivity index (χ1v) is 18.5. The summed E-state index contributed by atoms with van der Waals surface area (Å²) in [5.41, 5.74) is -0.892. The van der Waals surface area contributed by atoms with Gasteiger partial charge >= 0.3 is 41.5 Å². The maximum absolute atomic E-state index is 12.8. The van der Waals surface area contributed by atoms with Crippen LogP contribution in [0.15, 0.2) is 47.4 Å². The molecule has 0 bridgehead atoms. The van der Waals surface area contributed by atoms with Crippen LogP contribution < -0.4 is 29.6 Å². The summed E-state index contributed by atoms with van der Waals surface area (Å²) < 4.78 is 46.1. The zero-order chi connectivity index (χ0) is 32.3. The van der Waals surface area contributed by atoms with Crippen LogP contribution in [0.2, 0.25) is 0 Å². The fourth-order valence-corrected chi connectivity index (χ4v) is 5.72.